The third-order valence-electron chi connectivity index (χ3n) is 1.78. The number of hydrogen-bond donors (Lipinski definition) is 0. The minimum absolute atomic E-state index is 1.07. The fourth-order valence-corrected chi connectivity index (χ4v) is 0.986. The first-order valence-electron chi connectivity index (χ1n) is 5.38. The fraction of sp³-hybridized carbons (Fsp3) is 0.538. The molecule has 74 valence electrons. The van der Waals surface area contributed by atoms with E-state index in [0.29, 0.717) is 0 Å². The van der Waals surface area contributed by atoms with Gasteiger partial charge < -0.3 is 0 Å². The molecule has 13 heavy (non-hydrogen) atoms. The van der Waals surface area contributed by atoms with Crippen molar-refractivity contribution in [1.29, 1.82) is 0 Å². The van der Waals surface area contributed by atoms with Crippen LogP contribution in [0.15, 0.2) is 36.5 Å². The minimum Gasteiger partial charge on any atom is -0.0882 e. The normalized spacial score (nSPS) is 12.5. The molecular weight excluding hydrogens is 156 g/mol. The predicted octanol–water partition coefficient (Wildman–Crippen LogP) is 4.65. The highest BCUT2D eigenvalue weighted by Crippen LogP contribution is 1.96. The Bertz CT molecular complexity index is 161. The molecule has 0 spiro atoms. The molecule has 0 heteroatoms. The maximum atomic E-state index is 2.28. The van der Waals surface area contributed by atoms with E-state index in [1.807, 2.05) is 0 Å². The second kappa shape index (κ2) is 11.2. The van der Waals surface area contributed by atoms with Crippen LogP contribution in [0.4, 0.5) is 0 Å². The van der Waals surface area contributed by atoms with Crippen molar-refractivity contribution in [2.45, 2.75) is 46.0 Å². The van der Waals surface area contributed by atoms with Crippen LogP contribution in [0.2, 0.25) is 0 Å². The molecule has 0 amide bonds. The molecule has 0 fully saturated rings. The molecule has 0 bridgehead atoms. The Kier molecular flexibility index (Phi) is 10.5. The topological polar surface area (TPSA) is 0 Å². The second-order valence-electron chi connectivity index (χ2n) is 3.11. The smallest absolute Gasteiger partial charge is 0.0166 e. The van der Waals surface area contributed by atoms with Crippen molar-refractivity contribution in [2.75, 3.05) is 0 Å². The summed E-state index contributed by atoms with van der Waals surface area (Å²) in [5.74, 6) is 0. The number of unbranched alkanes of at least 4 members (excludes halogenated alkanes) is 2. The Morgan fingerprint density at radius 3 is 2.31 bits per heavy atom. The van der Waals surface area contributed by atoms with Crippen LogP contribution in [0, 0.1) is 0 Å². The van der Waals surface area contributed by atoms with E-state index in [9.17, 15) is 0 Å². The molecule has 0 aromatic heterocycles. The van der Waals surface area contributed by atoms with Crippen molar-refractivity contribution >= 4 is 0 Å². The second-order valence-corrected chi connectivity index (χ2v) is 3.11. The summed E-state index contributed by atoms with van der Waals surface area (Å²) < 4.78 is 0. The highest BCUT2D eigenvalue weighted by atomic mass is 13.8. The Morgan fingerprint density at radius 1 is 0.846 bits per heavy atom. The summed E-state index contributed by atoms with van der Waals surface area (Å²) in [6.45, 7) is 4.37. The third-order valence-corrected chi connectivity index (χ3v) is 1.78. The minimum atomic E-state index is 1.07. The molecular formula is C13H22. The molecule has 0 aliphatic carbocycles. The van der Waals surface area contributed by atoms with E-state index in [0.717, 1.165) is 12.8 Å². The van der Waals surface area contributed by atoms with Gasteiger partial charge in [-0.3, -0.25) is 0 Å². The molecule has 0 atom stereocenters. The van der Waals surface area contributed by atoms with Crippen molar-refractivity contribution in [2.24, 2.45) is 0 Å². The Labute approximate surface area is 83.0 Å². The first-order chi connectivity index (χ1) is 6.41. The fourth-order valence-electron chi connectivity index (χ4n) is 0.986. The lowest BCUT2D eigenvalue weighted by Crippen LogP contribution is -1.66. The van der Waals surface area contributed by atoms with Gasteiger partial charge >= 0.3 is 0 Å². The van der Waals surface area contributed by atoms with Crippen molar-refractivity contribution in [1.82, 2.24) is 0 Å². The van der Waals surface area contributed by atoms with Crippen LogP contribution in [0.3, 0.4) is 0 Å². The van der Waals surface area contributed by atoms with Gasteiger partial charge in [0, 0.05) is 0 Å². The summed E-state index contributed by atoms with van der Waals surface area (Å²) in [6.07, 6.45) is 19.1. The lowest BCUT2D eigenvalue weighted by molar-refractivity contribution is 0.813. The Hall–Kier alpha value is -0.780. The first kappa shape index (κ1) is 12.2. The van der Waals surface area contributed by atoms with Gasteiger partial charge in [0.25, 0.3) is 0 Å². The van der Waals surface area contributed by atoms with Gasteiger partial charge in [-0.05, 0) is 19.3 Å². The van der Waals surface area contributed by atoms with Crippen molar-refractivity contribution in [3.05, 3.63) is 36.5 Å². The van der Waals surface area contributed by atoms with Gasteiger partial charge in [0.05, 0.1) is 0 Å². The van der Waals surface area contributed by atoms with Gasteiger partial charge in [0.2, 0.25) is 0 Å². The molecule has 0 radical (unpaired) electrons. The predicted molar refractivity (Wildman–Crippen MR) is 61.9 cm³/mol. The summed E-state index contributed by atoms with van der Waals surface area (Å²) in [5, 5.41) is 0. The summed E-state index contributed by atoms with van der Waals surface area (Å²) in [4.78, 5) is 0. The van der Waals surface area contributed by atoms with Crippen LogP contribution in [-0.2, 0) is 0 Å². The third kappa shape index (κ3) is 11.2. The molecule has 0 nitrogen and oxygen atoms in total. The molecule has 0 N–H and O–H groups in total. The molecule has 0 unspecified atom stereocenters. The van der Waals surface area contributed by atoms with Crippen molar-refractivity contribution in [3.63, 3.8) is 0 Å². The van der Waals surface area contributed by atoms with E-state index >= 15 is 0 Å². The summed E-state index contributed by atoms with van der Waals surface area (Å²) >= 11 is 0. The molecule has 0 saturated carbocycles. The summed E-state index contributed by atoms with van der Waals surface area (Å²) in [6, 6.07) is 0. The largest absolute Gasteiger partial charge is 0.0882 e. The molecule has 0 aliphatic heterocycles. The van der Waals surface area contributed by atoms with Crippen LogP contribution in [0.25, 0.3) is 0 Å². The molecule has 0 aliphatic rings. The summed E-state index contributed by atoms with van der Waals surface area (Å²) in [5.41, 5.74) is 0. The molecule has 0 aromatic rings. The van der Waals surface area contributed by atoms with Crippen LogP contribution in [-0.4, -0.2) is 0 Å². The molecule has 0 heterocycles. The molecule has 0 saturated heterocycles. The summed E-state index contributed by atoms with van der Waals surface area (Å²) in [7, 11) is 0. The zero-order chi connectivity index (χ0) is 9.78. The number of hydrogen-bond acceptors (Lipinski definition) is 0. The highest BCUT2D eigenvalue weighted by Gasteiger charge is 1.76. The SMILES string of the molecule is CCC=CC=CCC=CCCCC. The average molecular weight is 178 g/mol. The lowest BCUT2D eigenvalue weighted by atomic mass is 10.2. The first-order valence-corrected chi connectivity index (χ1v) is 5.38. The van der Waals surface area contributed by atoms with Crippen molar-refractivity contribution < 1.29 is 0 Å². The van der Waals surface area contributed by atoms with Gasteiger partial charge in [0.1, 0.15) is 0 Å². The van der Waals surface area contributed by atoms with Gasteiger partial charge in [0.15, 0.2) is 0 Å². The van der Waals surface area contributed by atoms with Gasteiger partial charge in [-0.25, -0.2) is 0 Å². The van der Waals surface area contributed by atoms with Gasteiger partial charge in [-0.15, -0.1) is 0 Å². The average Bonchev–Trinajstić information content (AvgIpc) is 2.16. The van der Waals surface area contributed by atoms with Crippen LogP contribution in [0.5, 0.6) is 0 Å². The van der Waals surface area contributed by atoms with Gasteiger partial charge in [-0.2, -0.15) is 0 Å². The van der Waals surface area contributed by atoms with E-state index in [-0.39, 0.29) is 0 Å². The van der Waals surface area contributed by atoms with E-state index < -0.39 is 0 Å². The Morgan fingerprint density at radius 2 is 1.62 bits per heavy atom. The molecule has 0 aromatic carbocycles. The number of allylic oxidation sites excluding steroid dienone is 6. The standard InChI is InChI=1S/C13H22/c1-3-5-7-9-11-13-12-10-8-6-4-2/h5,7,9-12H,3-4,6,8,13H2,1-2H3. The van der Waals surface area contributed by atoms with Crippen molar-refractivity contribution in [3.8, 4) is 0 Å². The van der Waals surface area contributed by atoms with E-state index in [1.165, 1.54) is 19.3 Å². The van der Waals surface area contributed by atoms with Crippen LogP contribution >= 0.6 is 0 Å². The quantitative estimate of drug-likeness (QED) is 0.302. The zero-order valence-electron chi connectivity index (χ0n) is 9.00. The zero-order valence-corrected chi connectivity index (χ0v) is 9.00. The monoisotopic (exact) mass is 178 g/mol. The number of rotatable bonds is 7. The highest BCUT2D eigenvalue weighted by molar-refractivity contribution is 5.04. The maximum absolute atomic E-state index is 2.28. The van der Waals surface area contributed by atoms with E-state index in [4.69, 9.17) is 0 Å². The Balaban J connectivity index is 3.27. The van der Waals surface area contributed by atoms with Gasteiger partial charge in [-0.1, -0.05) is 63.1 Å². The van der Waals surface area contributed by atoms with Crippen LogP contribution < -0.4 is 0 Å². The van der Waals surface area contributed by atoms with E-state index in [1.54, 1.807) is 0 Å². The lowest BCUT2D eigenvalue weighted by Gasteiger charge is -1.86. The van der Waals surface area contributed by atoms with Crippen LogP contribution in [0.1, 0.15) is 46.0 Å². The van der Waals surface area contributed by atoms with E-state index in [2.05, 4.69) is 50.3 Å². The molecule has 0 rings (SSSR count). The maximum Gasteiger partial charge on any atom is -0.0166 e.